The van der Waals surface area contributed by atoms with Gasteiger partial charge in [0.1, 0.15) is 11.2 Å². The van der Waals surface area contributed by atoms with Gasteiger partial charge in [-0.15, -0.1) is 22.7 Å². The molecule has 11 rings (SSSR count). The molecule has 4 heterocycles. The van der Waals surface area contributed by atoms with Crippen LogP contribution in [0.2, 0.25) is 0 Å². The molecule has 0 aliphatic rings. The zero-order valence-corrected chi connectivity index (χ0v) is 28.6. The smallest absolute Gasteiger partial charge is 0.164 e. The minimum absolute atomic E-state index is 0.653. The van der Waals surface area contributed by atoms with Crippen LogP contribution in [0.25, 0.3) is 108 Å². The van der Waals surface area contributed by atoms with Crippen LogP contribution < -0.4 is 0 Å². The Morgan fingerprint density at radius 1 is 0.373 bits per heavy atom. The van der Waals surface area contributed by atoms with Crippen molar-refractivity contribution in [1.82, 2.24) is 15.0 Å². The Bertz CT molecular complexity index is 3160. The largest absolute Gasteiger partial charge is 0.455 e. The van der Waals surface area contributed by atoms with Crippen LogP contribution in [0.1, 0.15) is 0 Å². The fraction of sp³-hybridized carbons (Fsp3) is 0. The lowest BCUT2D eigenvalue weighted by Gasteiger charge is -2.09. The Balaban J connectivity index is 1.08. The molecule has 0 fully saturated rings. The molecule has 51 heavy (non-hydrogen) atoms. The van der Waals surface area contributed by atoms with Crippen molar-refractivity contribution in [3.63, 3.8) is 0 Å². The number of aromatic nitrogens is 3. The van der Waals surface area contributed by atoms with Gasteiger partial charge in [0.05, 0.1) is 0 Å². The van der Waals surface area contributed by atoms with Gasteiger partial charge in [-0.2, -0.15) is 0 Å². The summed E-state index contributed by atoms with van der Waals surface area (Å²) in [7, 11) is 0. The van der Waals surface area contributed by atoms with Gasteiger partial charge < -0.3 is 4.42 Å². The zero-order chi connectivity index (χ0) is 33.5. The third kappa shape index (κ3) is 4.54. The maximum atomic E-state index is 6.47. The van der Waals surface area contributed by atoms with Crippen LogP contribution in [-0.4, -0.2) is 15.0 Å². The molecule has 4 aromatic heterocycles. The summed E-state index contributed by atoms with van der Waals surface area (Å²) < 4.78 is 11.4. The van der Waals surface area contributed by atoms with Crippen LogP contribution in [0.4, 0.5) is 0 Å². The summed E-state index contributed by atoms with van der Waals surface area (Å²) in [6.07, 6.45) is 0. The number of furan rings is 1. The fourth-order valence-electron chi connectivity index (χ4n) is 7.36. The van der Waals surface area contributed by atoms with E-state index in [0.717, 1.165) is 44.2 Å². The molecule has 0 bridgehead atoms. The molecule has 0 saturated heterocycles. The van der Waals surface area contributed by atoms with Gasteiger partial charge in [0, 0.05) is 73.4 Å². The minimum atomic E-state index is 0.653. The number of hydrogen-bond donors (Lipinski definition) is 0. The second-order valence-corrected chi connectivity index (χ2v) is 14.9. The molecule has 0 unspecified atom stereocenters. The SMILES string of the molecule is c1ccc(-c2nc(-c3ccc4c(c3)sc3cccc(-c5cccc6c5oc5ccccc56)c34)nc(-c3ccc4sc5ccccc5c4c3)n2)cc1. The summed E-state index contributed by atoms with van der Waals surface area (Å²) in [6.45, 7) is 0. The van der Waals surface area contributed by atoms with Gasteiger partial charge in [0.2, 0.25) is 0 Å². The van der Waals surface area contributed by atoms with E-state index in [9.17, 15) is 0 Å². The summed E-state index contributed by atoms with van der Waals surface area (Å²) in [6, 6.07) is 53.2. The van der Waals surface area contributed by atoms with Gasteiger partial charge in [0.15, 0.2) is 17.5 Å². The van der Waals surface area contributed by atoms with Gasteiger partial charge >= 0.3 is 0 Å². The monoisotopic (exact) mass is 687 g/mol. The lowest BCUT2D eigenvalue weighted by Crippen LogP contribution is -2.00. The third-order valence-corrected chi connectivity index (χ3v) is 12.0. The van der Waals surface area contributed by atoms with E-state index >= 15 is 0 Å². The van der Waals surface area contributed by atoms with Crippen molar-refractivity contribution >= 4 is 85.0 Å². The van der Waals surface area contributed by atoms with Crippen LogP contribution in [-0.2, 0) is 0 Å². The highest BCUT2D eigenvalue weighted by molar-refractivity contribution is 7.26. The molecule has 0 spiro atoms. The molecule has 6 heteroatoms. The Hall–Kier alpha value is -6.21. The molecule has 11 aromatic rings. The van der Waals surface area contributed by atoms with Crippen LogP contribution in [0, 0.1) is 0 Å². The maximum absolute atomic E-state index is 6.47. The predicted molar refractivity (Wildman–Crippen MR) is 215 cm³/mol. The van der Waals surface area contributed by atoms with E-state index < -0.39 is 0 Å². The Morgan fingerprint density at radius 2 is 1.00 bits per heavy atom. The summed E-state index contributed by atoms with van der Waals surface area (Å²) in [5.41, 5.74) is 6.97. The average Bonchev–Trinajstić information content (AvgIpc) is 3.88. The van der Waals surface area contributed by atoms with Gasteiger partial charge in [-0.1, -0.05) is 109 Å². The molecular formula is C45H25N3OS2. The topological polar surface area (TPSA) is 51.8 Å². The van der Waals surface area contributed by atoms with Crippen LogP contribution in [0.5, 0.6) is 0 Å². The van der Waals surface area contributed by atoms with E-state index in [4.69, 9.17) is 19.4 Å². The van der Waals surface area contributed by atoms with E-state index in [-0.39, 0.29) is 0 Å². The van der Waals surface area contributed by atoms with Crippen LogP contribution in [0.15, 0.2) is 156 Å². The Labute approximate surface area is 299 Å². The highest BCUT2D eigenvalue weighted by Crippen LogP contribution is 2.44. The predicted octanol–water partition coefficient (Wildman–Crippen LogP) is 13.2. The standard InChI is InChI=1S/C45H25N3OS2/c1-2-10-26(11-3-1)43-46-44(27-21-23-38-35(24-27)30-13-5-7-18-37(30)50-38)48-45(47-43)28-20-22-34-40(25-28)51-39-19-9-14-31(41(34)39)33-16-8-15-32-29-12-4-6-17-36(29)49-42(32)33/h1-25H. The second-order valence-electron chi connectivity index (χ2n) is 12.8. The van der Waals surface area contributed by atoms with Crippen molar-refractivity contribution in [1.29, 1.82) is 0 Å². The maximum Gasteiger partial charge on any atom is 0.164 e. The minimum Gasteiger partial charge on any atom is -0.455 e. The van der Waals surface area contributed by atoms with Crippen molar-refractivity contribution in [2.45, 2.75) is 0 Å². The normalized spacial score (nSPS) is 11.9. The first-order chi connectivity index (χ1) is 25.2. The molecule has 4 nitrogen and oxygen atoms in total. The number of rotatable bonds is 4. The van der Waals surface area contributed by atoms with Crippen molar-refractivity contribution in [2.24, 2.45) is 0 Å². The van der Waals surface area contributed by atoms with Gasteiger partial charge in [-0.3, -0.25) is 0 Å². The number of thiophene rings is 2. The first-order valence-electron chi connectivity index (χ1n) is 16.8. The van der Waals surface area contributed by atoms with E-state index in [2.05, 4.69) is 121 Å². The van der Waals surface area contributed by atoms with Gasteiger partial charge in [0.25, 0.3) is 0 Å². The first kappa shape index (κ1) is 28.6. The van der Waals surface area contributed by atoms with Crippen LogP contribution >= 0.6 is 22.7 Å². The Morgan fingerprint density at radius 3 is 1.88 bits per heavy atom. The molecule has 0 saturated carbocycles. The number of hydrogen-bond acceptors (Lipinski definition) is 6. The summed E-state index contributed by atoms with van der Waals surface area (Å²) in [4.78, 5) is 15.2. The zero-order valence-electron chi connectivity index (χ0n) is 27.0. The second kappa shape index (κ2) is 11.2. The van der Waals surface area contributed by atoms with Crippen molar-refractivity contribution in [2.75, 3.05) is 0 Å². The molecule has 0 radical (unpaired) electrons. The van der Waals surface area contributed by atoms with E-state index in [1.165, 1.54) is 45.9 Å². The molecule has 0 atom stereocenters. The molecular weight excluding hydrogens is 663 g/mol. The molecule has 238 valence electrons. The van der Waals surface area contributed by atoms with Crippen molar-refractivity contribution in [3.05, 3.63) is 152 Å². The van der Waals surface area contributed by atoms with E-state index in [1.807, 2.05) is 41.7 Å². The van der Waals surface area contributed by atoms with Crippen molar-refractivity contribution < 1.29 is 4.42 Å². The first-order valence-corrected chi connectivity index (χ1v) is 18.5. The summed E-state index contributed by atoms with van der Waals surface area (Å²) in [5.74, 6) is 1.97. The highest BCUT2D eigenvalue weighted by atomic mass is 32.1. The van der Waals surface area contributed by atoms with Gasteiger partial charge in [-0.25, -0.2) is 15.0 Å². The lowest BCUT2D eigenvalue weighted by atomic mass is 9.97. The fourth-order valence-corrected chi connectivity index (χ4v) is 9.62. The van der Waals surface area contributed by atoms with E-state index in [1.54, 1.807) is 11.3 Å². The number of fused-ring (bicyclic) bond motifs is 9. The number of para-hydroxylation sites is 2. The third-order valence-electron chi connectivity index (χ3n) is 9.75. The molecule has 0 aliphatic carbocycles. The summed E-state index contributed by atoms with van der Waals surface area (Å²) in [5, 5.41) is 7.18. The quantitative estimate of drug-likeness (QED) is 0.185. The average molecular weight is 688 g/mol. The Kier molecular flexibility index (Phi) is 6.26. The van der Waals surface area contributed by atoms with E-state index in [0.29, 0.717) is 17.5 Å². The summed E-state index contributed by atoms with van der Waals surface area (Å²) >= 11 is 3.61. The lowest BCUT2D eigenvalue weighted by molar-refractivity contribution is 0.670. The molecule has 0 amide bonds. The van der Waals surface area contributed by atoms with Crippen LogP contribution in [0.3, 0.4) is 0 Å². The highest BCUT2D eigenvalue weighted by Gasteiger charge is 2.19. The number of nitrogens with zero attached hydrogens (tertiary/aromatic N) is 3. The van der Waals surface area contributed by atoms with Crippen molar-refractivity contribution in [3.8, 4) is 45.3 Å². The number of benzene rings is 7. The van der Waals surface area contributed by atoms with Gasteiger partial charge in [-0.05, 0) is 48.0 Å². The molecule has 0 aliphatic heterocycles. The molecule has 7 aromatic carbocycles. The molecule has 0 N–H and O–H groups in total.